The number of nitriles is 1. The van der Waals surface area contributed by atoms with Crippen LogP contribution >= 0.6 is 0 Å². The van der Waals surface area contributed by atoms with Crippen LogP contribution in [0.2, 0.25) is 0 Å². The van der Waals surface area contributed by atoms with Gasteiger partial charge in [0, 0.05) is 51.0 Å². The molecule has 2 fully saturated rings. The topological polar surface area (TPSA) is 122 Å². The van der Waals surface area contributed by atoms with Crippen LogP contribution < -0.4 is 25.6 Å². The number of anilines is 6. The monoisotopic (exact) mass is 609 g/mol. The number of likely N-dealkylation sites (N-methyl/N-ethyl adjacent to an activating group) is 1. The molecule has 1 aromatic heterocycles. The summed E-state index contributed by atoms with van der Waals surface area (Å²) in [5.41, 5.74) is 4.35. The fourth-order valence-corrected chi connectivity index (χ4v) is 5.88. The Hall–Kier alpha value is -4.66. The number of nitrogens with one attached hydrogen (secondary N) is 3. The van der Waals surface area contributed by atoms with E-state index in [0.717, 1.165) is 63.4 Å². The van der Waals surface area contributed by atoms with Crippen molar-refractivity contribution in [3.63, 3.8) is 0 Å². The Morgan fingerprint density at radius 3 is 2.49 bits per heavy atom. The highest BCUT2D eigenvalue weighted by atomic mass is 16.5. The molecule has 0 spiro atoms. The van der Waals surface area contributed by atoms with Crippen molar-refractivity contribution in [2.24, 2.45) is 0 Å². The third-order valence-corrected chi connectivity index (χ3v) is 8.30. The third kappa shape index (κ3) is 7.90. The zero-order valence-corrected chi connectivity index (χ0v) is 26.6. The zero-order valence-electron chi connectivity index (χ0n) is 26.6. The number of carbonyl (C=O) groups is 1. The fourth-order valence-electron chi connectivity index (χ4n) is 5.88. The molecular weight excluding hydrogens is 566 g/mol. The molecule has 1 amide bonds. The van der Waals surface area contributed by atoms with E-state index < -0.39 is 0 Å². The maximum atomic E-state index is 12.5. The minimum atomic E-state index is -0.313. The van der Waals surface area contributed by atoms with Crippen molar-refractivity contribution >= 4 is 40.4 Å². The Kier molecular flexibility index (Phi) is 10.2. The smallest absolute Gasteiger partial charge is 0.247 e. The first-order valence-electron chi connectivity index (χ1n) is 15.6. The predicted molar refractivity (Wildman–Crippen MR) is 180 cm³/mol. The van der Waals surface area contributed by atoms with Gasteiger partial charge in [0.2, 0.25) is 11.9 Å². The third-order valence-electron chi connectivity index (χ3n) is 8.30. The van der Waals surface area contributed by atoms with Crippen molar-refractivity contribution < 1.29 is 9.53 Å². The van der Waals surface area contributed by atoms with Gasteiger partial charge in [-0.05, 0) is 76.6 Å². The Labute approximate surface area is 265 Å². The number of aromatic nitrogens is 2. The summed E-state index contributed by atoms with van der Waals surface area (Å²) in [6.07, 6.45) is 4.92. The normalized spacial score (nSPS) is 16.2. The summed E-state index contributed by atoms with van der Waals surface area (Å²) in [6.45, 7) is 16.0. The van der Waals surface area contributed by atoms with E-state index in [1.807, 2.05) is 50.2 Å². The molecule has 236 valence electrons. The second kappa shape index (κ2) is 14.4. The minimum Gasteiger partial charge on any atom is -0.489 e. The number of benzene rings is 2. The van der Waals surface area contributed by atoms with E-state index in [2.05, 4.69) is 67.2 Å². The molecule has 5 rings (SSSR count). The van der Waals surface area contributed by atoms with E-state index in [1.165, 1.54) is 12.3 Å². The molecule has 45 heavy (non-hydrogen) atoms. The van der Waals surface area contributed by atoms with Gasteiger partial charge in [-0.2, -0.15) is 10.2 Å². The van der Waals surface area contributed by atoms with E-state index in [-0.39, 0.29) is 23.5 Å². The van der Waals surface area contributed by atoms with Crippen LogP contribution in [0.5, 0.6) is 5.75 Å². The highest BCUT2D eigenvalue weighted by molar-refractivity contribution is 6.02. The van der Waals surface area contributed by atoms with Crippen LogP contribution in [0, 0.1) is 18.3 Å². The molecular formula is C34H43N9O2. The van der Waals surface area contributed by atoms with Gasteiger partial charge in [0.05, 0.1) is 29.4 Å². The number of hydrogen-bond acceptors (Lipinski definition) is 10. The Morgan fingerprint density at radius 1 is 1.07 bits per heavy atom. The fraction of sp³-hybridized carbons (Fsp3) is 0.412. The number of rotatable bonds is 10. The molecule has 2 aliphatic heterocycles. The highest BCUT2D eigenvalue weighted by Gasteiger charge is 2.28. The SMILES string of the molecule is C=CC(=O)Nc1cc(N2CCC(N3CCN(C)CC3)CC2)c(C)cc1Nc1ncc(C#N)c(Nc2ccccc2OC(C)C)n1. The lowest BCUT2D eigenvalue weighted by molar-refractivity contribution is -0.111. The van der Waals surface area contributed by atoms with Crippen LogP contribution in [0.25, 0.3) is 0 Å². The second-order valence-corrected chi connectivity index (χ2v) is 11.9. The van der Waals surface area contributed by atoms with Crippen LogP contribution in [0.3, 0.4) is 0 Å². The molecule has 2 aliphatic rings. The molecule has 0 atom stereocenters. The lowest BCUT2D eigenvalue weighted by atomic mass is 10.00. The molecule has 3 aromatic rings. The molecule has 0 bridgehead atoms. The van der Waals surface area contributed by atoms with Crippen molar-refractivity contribution in [2.45, 2.75) is 45.8 Å². The largest absolute Gasteiger partial charge is 0.489 e. The average Bonchev–Trinajstić information content (AvgIpc) is 3.03. The molecule has 11 nitrogen and oxygen atoms in total. The molecule has 0 saturated carbocycles. The van der Waals surface area contributed by atoms with Crippen molar-refractivity contribution in [1.82, 2.24) is 19.8 Å². The molecule has 3 heterocycles. The maximum Gasteiger partial charge on any atom is 0.247 e. The lowest BCUT2D eigenvalue weighted by Crippen LogP contribution is -2.52. The molecule has 2 saturated heterocycles. The summed E-state index contributed by atoms with van der Waals surface area (Å²) in [6, 6.07) is 14.3. The van der Waals surface area contributed by atoms with Gasteiger partial charge >= 0.3 is 0 Å². The summed E-state index contributed by atoms with van der Waals surface area (Å²) in [5.74, 6) is 0.945. The number of para-hydroxylation sites is 2. The van der Waals surface area contributed by atoms with E-state index in [0.29, 0.717) is 34.7 Å². The standard InChI is InChI=1S/C34H43N9O2/c1-6-32(44)37-29-20-30(43-13-11-26(12-14-43)42-17-15-41(5)16-18-42)24(4)19-28(29)39-34-36-22-25(21-35)33(40-34)38-27-9-7-8-10-31(27)45-23(2)3/h6-10,19-20,22-23,26H,1,11-18H2,2-5H3,(H,37,44)(H2,36,38,39,40). The van der Waals surface area contributed by atoms with Gasteiger partial charge in [-0.3, -0.25) is 9.69 Å². The molecule has 2 aromatic carbocycles. The number of carbonyl (C=O) groups excluding carboxylic acids is 1. The van der Waals surface area contributed by atoms with E-state index in [9.17, 15) is 10.1 Å². The molecule has 3 N–H and O–H groups in total. The van der Waals surface area contributed by atoms with Gasteiger partial charge in [-0.1, -0.05) is 18.7 Å². The first kappa shape index (κ1) is 31.8. The van der Waals surface area contributed by atoms with E-state index in [4.69, 9.17) is 4.74 Å². The van der Waals surface area contributed by atoms with Gasteiger partial charge < -0.3 is 30.5 Å². The minimum absolute atomic E-state index is 0.0234. The quantitative estimate of drug-likeness (QED) is 0.262. The van der Waals surface area contributed by atoms with E-state index >= 15 is 0 Å². The Bertz CT molecular complexity index is 1550. The molecule has 0 aliphatic carbocycles. The number of aryl methyl sites for hydroxylation is 1. The summed E-state index contributed by atoms with van der Waals surface area (Å²) in [5, 5.41) is 19.2. The molecule has 11 heteroatoms. The summed E-state index contributed by atoms with van der Waals surface area (Å²) < 4.78 is 5.93. The first-order valence-corrected chi connectivity index (χ1v) is 15.6. The van der Waals surface area contributed by atoms with Gasteiger partial charge in [-0.25, -0.2) is 4.98 Å². The van der Waals surface area contributed by atoms with Crippen LogP contribution in [-0.2, 0) is 4.79 Å². The van der Waals surface area contributed by atoms with Crippen molar-refractivity contribution in [2.75, 3.05) is 67.2 Å². The Morgan fingerprint density at radius 2 is 1.80 bits per heavy atom. The van der Waals surface area contributed by atoms with Crippen molar-refractivity contribution in [1.29, 1.82) is 5.26 Å². The average molecular weight is 610 g/mol. The van der Waals surface area contributed by atoms with E-state index in [1.54, 1.807) is 0 Å². The number of nitrogens with zero attached hydrogens (tertiary/aromatic N) is 6. The number of hydrogen-bond donors (Lipinski definition) is 3. The van der Waals surface area contributed by atoms with Crippen LogP contribution in [-0.4, -0.2) is 84.1 Å². The first-order chi connectivity index (χ1) is 21.7. The Balaban J connectivity index is 1.37. The van der Waals surface area contributed by atoms with Gasteiger partial charge in [-0.15, -0.1) is 0 Å². The maximum absolute atomic E-state index is 12.5. The molecule has 0 radical (unpaired) electrons. The predicted octanol–water partition coefficient (Wildman–Crippen LogP) is 5.27. The number of piperidine rings is 1. The van der Waals surface area contributed by atoms with Crippen LogP contribution in [0.1, 0.15) is 37.8 Å². The van der Waals surface area contributed by atoms with Gasteiger partial charge in [0.15, 0.2) is 5.82 Å². The number of ether oxygens (including phenoxy) is 1. The van der Waals surface area contributed by atoms with Crippen molar-refractivity contribution in [3.8, 4) is 11.8 Å². The number of piperazine rings is 1. The number of amides is 1. The van der Waals surface area contributed by atoms with Crippen LogP contribution in [0.15, 0.2) is 55.3 Å². The van der Waals surface area contributed by atoms with Crippen molar-refractivity contribution in [3.05, 3.63) is 66.4 Å². The van der Waals surface area contributed by atoms with Gasteiger partial charge in [0.1, 0.15) is 17.4 Å². The highest BCUT2D eigenvalue weighted by Crippen LogP contribution is 2.36. The molecule has 0 unspecified atom stereocenters. The van der Waals surface area contributed by atoms with Crippen LogP contribution in [0.4, 0.5) is 34.5 Å². The summed E-state index contributed by atoms with van der Waals surface area (Å²) >= 11 is 0. The summed E-state index contributed by atoms with van der Waals surface area (Å²) in [7, 11) is 2.19. The zero-order chi connectivity index (χ0) is 31.9. The lowest BCUT2D eigenvalue weighted by Gasteiger charge is -2.43. The second-order valence-electron chi connectivity index (χ2n) is 11.9. The summed E-state index contributed by atoms with van der Waals surface area (Å²) in [4.78, 5) is 28.9. The van der Waals surface area contributed by atoms with Gasteiger partial charge in [0.25, 0.3) is 0 Å².